The number of nitrogens with zero attached hydrogens (tertiary/aromatic N) is 3. The van der Waals surface area contributed by atoms with Crippen molar-refractivity contribution in [3.05, 3.63) is 88.9 Å². The second-order valence-electron chi connectivity index (χ2n) is 8.07. The molecule has 0 aliphatic carbocycles. The topological polar surface area (TPSA) is 104 Å². The zero-order chi connectivity index (χ0) is 25.3. The van der Waals surface area contributed by atoms with Gasteiger partial charge in [-0.25, -0.2) is 0 Å². The Morgan fingerprint density at radius 1 is 0.722 bits per heavy atom. The smallest absolute Gasteiger partial charge is 0.243 e. The van der Waals surface area contributed by atoms with Crippen LogP contribution in [0.25, 0.3) is 0 Å². The maximum absolute atomic E-state index is 12.5. The fourth-order valence-corrected chi connectivity index (χ4v) is 3.59. The lowest BCUT2D eigenvalue weighted by Gasteiger charge is -2.12. The highest BCUT2D eigenvalue weighted by Gasteiger charge is 2.10. The first-order valence-electron chi connectivity index (χ1n) is 11.8. The summed E-state index contributed by atoms with van der Waals surface area (Å²) in [5.74, 6) is 0.693. The summed E-state index contributed by atoms with van der Waals surface area (Å²) >= 11 is 6.00. The van der Waals surface area contributed by atoms with E-state index in [4.69, 9.17) is 11.6 Å². The van der Waals surface area contributed by atoms with Crippen LogP contribution in [0.2, 0.25) is 5.02 Å². The van der Waals surface area contributed by atoms with Crippen LogP contribution in [0, 0.1) is 0 Å². The average Bonchev–Trinajstić information content (AvgIpc) is 2.88. The lowest BCUT2D eigenvalue weighted by Crippen LogP contribution is -2.23. The number of rotatable bonds is 10. The second-order valence-corrected chi connectivity index (χ2v) is 8.51. The van der Waals surface area contributed by atoms with E-state index in [2.05, 4.69) is 74.3 Å². The van der Waals surface area contributed by atoms with Crippen molar-refractivity contribution in [3.63, 3.8) is 0 Å². The Kier molecular flexibility index (Phi) is 8.31. The van der Waals surface area contributed by atoms with Crippen LogP contribution in [0.1, 0.15) is 25.0 Å². The standard InChI is InChI=1S/C27H28ClN7O/c1-3-18-8-12-21(13-9-18)31-26-33-25(29-17-24(36)30-23-7-5-6-20(28)16-23)34-27(35-26)32-22-14-10-19(4-2)11-15-22/h5-16H,3-4,17H2,1-2H3,(H,30,36)(H3,29,31,32,33,34,35). The minimum absolute atomic E-state index is 0.0359. The number of carbonyl (C=O) groups excluding carboxylic acids is 1. The van der Waals surface area contributed by atoms with E-state index in [1.54, 1.807) is 24.3 Å². The first-order chi connectivity index (χ1) is 17.5. The highest BCUT2D eigenvalue weighted by atomic mass is 35.5. The van der Waals surface area contributed by atoms with Crippen LogP contribution in [0.3, 0.4) is 0 Å². The van der Waals surface area contributed by atoms with Crippen molar-refractivity contribution in [1.82, 2.24) is 15.0 Å². The number of halogens is 1. The average molecular weight is 502 g/mol. The number of aromatic nitrogens is 3. The zero-order valence-electron chi connectivity index (χ0n) is 20.2. The molecule has 0 saturated carbocycles. The summed E-state index contributed by atoms with van der Waals surface area (Å²) in [7, 11) is 0. The molecule has 184 valence electrons. The summed E-state index contributed by atoms with van der Waals surface area (Å²) in [6, 6.07) is 23.1. The van der Waals surface area contributed by atoms with Gasteiger partial charge in [-0.15, -0.1) is 0 Å². The quantitative estimate of drug-likeness (QED) is 0.205. The number of benzene rings is 3. The molecule has 0 radical (unpaired) electrons. The number of nitrogens with one attached hydrogen (secondary N) is 4. The van der Waals surface area contributed by atoms with E-state index in [1.807, 2.05) is 24.3 Å². The van der Waals surface area contributed by atoms with Crippen LogP contribution in [0.4, 0.5) is 34.9 Å². The van der Waals surface area contributed by atoms with Crippen molar-refractivity contribution >= 4 is 52.4 Å². The van der Waals surface area contributed by atoms with Crippen molar-refractivity contribution in [1.29, 1.82) is 0 Å². The monoisotopic (exact) mass is 501 g/mol. The third-order valence-electron chi connectivity index (χ3n) is 5.39. The van der Waals surface area contributed by atoms with Crippen LogP contribution in [0.5, 0.6) is 0 Å². The van der Waals surface area contributed by atoms with Gasteiger partial charge in [0.1, 0.15) is 0 Å². The minimum Gasteiger partial charge on any atom is -0.345 e. The maximum atomic E-state index is 12.5. The normalized spacial score (nSPS) is 10.5. The lowest BCUT2D eigenvalue weighted by atomic mass is 10.1. The molecule has 0 fully saturated rings. The fourth-order valence-electron chi connectivity index (χ4n) is 3.40. The molecule has 8 nitrogen and oxygen atoms in total. The van der Waals surface area contributed by atoms with Crippen molar-refractivity contribution in [3.8, 4) is 0 Å². The van der Waals surface area contributed by atoms with Crippen LogP contribution >= 0.6 is 11.6 Å². The molecule has 0 atom stereocenters. The van der Waals surface area contributed by atoms with Gasteiger partial charge in [0.05, 0.1) is 6.54 Å². The third-order valence-corrected chi connectivity index (χ3v) is 5.62. The van der Waals surface area contributed by atoms with E-state index in [0.29, 0.717) is 22.6 Å². The number of carbonyl (C=O) groups is 1. The van der Waals surface area contributed by atoms with E-state index in [-0.39, 0.29) is 18.4 Å². The Labute approximate surface area is 215 Å². The highest BCUT2D eigenvalue weighted by molar-refractivity contribution is 6.30. The Morgan fingerprint density at radius 2 is 1.25 bits per heavy atom. The second kappa shape index (κ2) is 12.0. The summed E-state index contributed by atoms with van der Waals surface area (Å²) in [4.78, 5) is 25.9. The molecule has 4 N–H and O–H groups in total. The van der Waals surface area contributed by atoms with Crippen molar-refractivity contribution < 1.29 is 4.79 Å². The Hall–Kier alpha value is -4.17. The third kappa shape index (κ3) is 7.16. The molecule has 1 heterocycles. The van der Waals surface area contributed by atoms with Crippen LogP contribution in [-0.2, 0) is 17.6 Å². The Balaban J connectivity index is 1.51. The molecule has 1 aromatic heterocycles. The van der Waals surface area contributed by atoms with Gasteiger partial charge < -0.3 is 21.3 Å². The van der Waals surface area contributed by atoms with Gasteiger partial charge in [0.15, 0.2) is 0 Å². The summed E-state index contributed by atoms with van der Waals surface area (Å²) < 4.78 is 0. The molecule has 0 aliphatic heterocycles. The molecule has 4 aromatic rings. The summed E-state index contributed by atoms with van der Waals surface area (Å²) in [5, 5.41) is 12.8. The number of hydrogen-bond acceptors (Lipinski definition) is 7. The molecule has 0 bridgehead atoms. The van der Waals surface area contributed by atoms with E-state index < -0.39 is 0 Å². The largest absolute Gasteiger partial charge is 0.345 e. The van der Waals surface area contributed by atoms with Gasteiger partial charge in [-0.2, -0.15) is 15.0 Å². The van der Waals surface area contributed by atoms with Gasteiger partial charge >= 0.3 is 0 Å². The molecule has 36 heavy (non-hydrogen) atoms. The molecular weight excluding hydrogens is 474 g/mol. The molecule has 3 aromatic carbocycles. The van der Waals surface area contributed by atoms with Gasteiger partial charge in [-0.1, -0.05) is 55.8 Å². The minimum atomic E-state index is -0.257. The Morgan fingerprint density at radius 3 is 1.75 bits per heavy atom. The predicted octanol–water partition coefficient (Wildman–Crippen LogP) is 6.19. The van der Waals surface area contributed by atoms with Crippen molar-refractivity contribution in [2.24, 2.45) is 0 Å². The van der Waals surface area contributed by atoms with Gasteiger partial charge in [-0.05, 0) is 66.4 Å². The van der Waals surface area contributed by atoms with E-state index in [0.717, 1.165) is 24.2 Å². The molecule has 0 unspecified atom stereocenters. The molecule has 9 heteroatoms. The van der Waals surface area contributed by atoms with Crippen LogP contribution < -0.4 is 21.3 Å². The molecule has 0 aliphatic rings. The SMILES string of the molecule is CCc1ccc(Nc2nc(NCC(=O)Nc3cccc(Cl)c3)nc(Nc3ccc(CC)cc3)n2)cc1. The van der Waals surface area contributed by atoms with Gasteiger partial charge in [0.25, 0.3) is 0 Å². The van der Waals surface area contributed by atoms with E-state index in [9.17, 15) is 4.79 Å². The summed E-state index contributed by atoms with van der Waals surface area (Å²) in [5.41, 5.74) is 4.78. The van der Waals surface area contributed by atoms with E-state index in [1.165, 1.54) is 11.1 Å². The number of amides is 1. The van der Waals surface area contributed by atoms with Gasteiger partial charge in [0, 0.05) is 22.1 Å². The first kappa shape index (κ1) is 24.9. The highest BCUT2D eigenvalue weighted by Crippen LogP contribution is 2.20. The maximum Gasteiger partial charge on any atom is 0.243 e. The molecule has 0 spiro atoms. The molecular formula is C27H28ClN7O. The van der Waals surface area contributed by atoms with E-state index >= 15 is 0 Å². The summed E-state index contributed by atoms with van der Waals surface area (Å²) in [6.45, 7) is 4.19. The number of anilines is 6. The number of hydrogen-bond donors (Lipinski definition) is 4. The Bertz CT molecular complexity index is 1240. The lowest BCUT2D eigenvalue weighted by molar-refractivity contribution is -0.114. The number of aryl methyl sites for hydroxylation is 2. The molecule has 4 rings (SSSR count). The molecule has 1 amide bonds. The van der Waals surface area contributed by atoms with Crippen LogP contribution in [0.15, 0.2) is 72.8 Å². The van der Waals surface area contributed by atoms with Crippen molar-refractivity contribution in [2.75, 3.05) is 27.8 Å². The summed E-state index contributed by atoms with van der Waals surface area (Å²) in [6.07, 6.45) is 1.92. The van der Waals surface area contributed by atoms with Gasteiger partial charge in [0.2, 0.25) is 23.8 Å². The van der Waals surface area contributed by atoms with Crippen LogP contribution in [-0.4, -0.2) is 27.4 Å². The first-order valence-corrected chi connectivity index (χ1v) is 12.2. The predicted molar refractivity (Wildman–Crippen MR) is 147 cm³/mol. The zero-order valence-corrected chi connectivity index (χ0v) is 20.9. The fraction of sp³-hybridized carbons (Fsp3) is 0.185. The molecule has 0 saturated heterocycles. The van der Waals surface area contributed by atoms with Gasteiger partial charge in [-0.3, -0.25) is 4.79 Å². The van der Waals surface area contributed by atoms with Crippen molar-refractivity contribution in [2.45, 2.75) is 26.7 Å².